The number of pyridine rings is 1. The van der Waals surface area contributed by atoms with Gasteiger partial charge in [0.1, 0.15) is 5.15 Å². The first-order chi connectivity index (χ1) is 8.59. The zero-order chi connectivity index (χ0) is 13.1. The molecule has 18 heavy (non-hydrogen) atoms. The van der Waals surface area contributed by atoms with Crippen molar-refractivity contribution >= 4 is 17.5 Å². The molecule has 1 unspecified atom stereocenters. The summed E-state index contributed by atoms with van der Waals surface area (Å²) in [6.07, 6.45) is 3.76. The Balaban J connectivity index is 2.11. The van der Waals surface area contributed by atoms with Gasteiger partial charge in [-0.1, -0.05) is 11.6 Å². The van der Waals surface area contributed by atoms with Crippen LogP contribution in [-0.4, -0.2) is 53.9 Å². The molecule has 1 aliphatic heterocycles. The SMILES string of the molecule is CN1CCCC(N(C)C(=O)c2cccnc2Cl)C1. The van der Waals surface area contributed by atoms with Gasteiger partial charge in [0, 0.05) is 25.8 Å². The Morgan fingerprint density at radius 3 is 3.06 bits per heavy atom. The molecule has 1 saturated heterocycles. The van der Waals surface area contributed by atoms with Crippen molar-refractivity contribution in [2.24, 2.45) is 0 Å². The Labute approximate surface area is 113 Å². The summed E-state index contributed by atoms with van der Waals surface area (Å²) in [5.74, 6) is -0.0478. The van der Waals surface area contributed by atoms with E-state index in [2.05, 4.69) is 16.9 Å². The Kier molecular flexibility index (Phi) is 4.19. The van der Waals surface area contributed by atoms with Crippen molar-refractivity contribution in [2.45, 2.75) is 18.9 Å². The van der Waals surface area contributed by atoms with Gasteiger partial charge in [0.25, 0.3) is 5.91 Å². The fourth-order valence-corrected chi connectivity index (χ4v) is 2.56. The van der Waals surface area contributed by atoms with Gasteiger partial charge in [0.2, 0.25) is 0 Å². The number of aromatic nitrogens is 1. The molecule has 0 aromatic carbocycles. The molecule has 2 rings (SSSR count). The minimum atomic E-state index is -0.0478. The Morgan fingerprint density at radius 2 is 2.39 bits per heavy atom. The molecule has 1 fully saturated rings. The van der Waals surface area contributed by atoms with Crippen LogP contribution in [0.15, 0.2) is 18.3 Å². The van der Waals surface area contributed by atoms with Crippen LogP contribution in [0.1, 0.15) is 23.2 Å². The lowest BCUT2D eigenvalue weighted by molar-refractivity contribution is 0.0644. The minimum Gasteiger partial charge on any atom is -0.337 e. The van der Waals surface area contributed by atoms with Crippen LogP contribution < -0.4 is 0 Å². The van der Waals surface area contributed by atoms with E-state index in [1.807, 2.05) is 7.05 Å². The van der Waals surface area contributed by atoms with Gasteiger partial charge >= 0.3 is 0 Å². The molecule has 5 heteroatoms. The van der Waals surface area contributed by atoms with Gasteiger partial charge in [0.05, 0.1) is 5.56 Å². The number of piperidine rings is 1. The Morgan fingerprint density at radius 1 is 1.61 bits per heavy atom. The molecule has 0 N–H and O–H groups in total. The minimum absolute atomic E-state index is 0.0478. The summed E-state index contributed by atoms with van der Waals surface area (Å²) in [7, 11) is 3.93. The summed E-state index contributed by atoms with van der Waals surface area (Å²) in [5, 5.41) is 0.276. The normalized spacial score (nSPS) is 20.7. The summed E-state index contributed by atoms with van der Waals surface area (Å²) >= 11 is 5.96. The number of rotatable bonds is 2. The predicted octanol–water partition coefficient (Wildman–Crippen LogP) is 1.90. The maximum Gasteiger partial charge on any atom is 0.257 e. The first-order valence-electron chi connectivity index (χ1n) is 6.16. The molecule has 1 atom stereocenters. The van der Waals surface area contributed by atoms with Crippen LogP contribution in [0.2, 0.25) is 5.15 Å². The van der Waals surface area contributed by atoms with E-state index >= 15 is 0 Å². The lowest BCUT2D eigenvalue weighted by Gasteiger charge is -2.35. The van der Waals surface area contributed by atoms with Crippen molar-refractivity contribution < 1.29 is 4.79 Å². The third-order valence-corrected chi connectivity index (χ3v) is 3.76. The predicted molar refractivity (Wildman–Crippen MR) is 71.9 cm³/mol. The second-order valence-electron chi connectivity index (χ2n) is 4.82. The summed E-state index contributed by atoms with van der Waals surface area (Å²) < 4.78 is 0. The highest BCUT2D eigenvalue weighted by Crippen LogP contribution is 2.19. The van der Waals surface area contributed by atoms with E-state index in [0.29, 0.717) is 5.56 Å². The third-order valence-electron chi connectivity index (χ3n) is 3.46. The van der Waals surface area contributed by atoms with Gasteiger partial charge in [-0.3, -0.25) is 4.79 Å². The zero-order valence-electron chi connectivity index (χ0n) is 10.8. The molecule has 0 bridgehead atoms. The number of carbonyl (C=O) groups is 1. The summed E-state index contributed by atoms with van der Waals surface area (Å²) in [4.78, 5) is 20.3. The van der Waals surface area contributed by atoms with E-state index in [0.717, 1.165) is 25.9 Å². The number of likely N-dealkylation sites (N-methyl/N-ethyl adjacent to an activating group) is 2. The van der Waals surface area contributed by atoms with E-state index in [-0.39, 0.29) is 17.1 Å². The first kappa shape index (κ1) is 13.3. The van der Waals surface area contributed by atoms with E-state index < -0.39 is 0 Å². The number of likely N-dealkylation sites (tertiary alicyclic amines) is 1. The summed E-state index contributed by atoms with van der Waals surface area (Å²) in [6.45, 7) is 2.02. The van der Waals surface area contributed by atoms with E-state index in [1.54, 1.807) is 23.2 Å². The average Bonchev–Trinajstić information content (AvgIpc) is 2.37. The van der Waals surface area contributed by atoms with Crippen molar-refractivity contribution in [3.05, 3.63) is 29.0 Å². The van der Waals surface area contributed by atoms with Gasteiger partial charge in [-0.15, -0.1) is 0 Å². The maximum absolute atomic E-state index is 12.4. The average molecular weight is 268 g/mol. The molecule has 1 aliphatic rings. The molecule has 0 saturated carbocycles. The molecule has 0 spiro atoms. The highest BCUT2D eigenvalue weighted by Gasteiger charge is 2.26. The molecule has 0 aliphatic carbocycles. The summed E-state index contributed by atoms with van der Waals surface area (Å²) in [6, 6.07) is 3.72. The standard InChI is InChI=1S/C13H18ClN3O/c1-16-8-4-5-10(9-16)17(2)13(18)11-6-3-7-15-12(11)14/h3,6-7,10H,4-5,8-9H2,1-2H3. The molecule has 98 valence electrons. The van der Waals surface area contributed by atoms with Crippen molar-refractivity contribution in [2.75, 3.05) is 27.2 Å². The molecule has 4 nitrogen and oxygen atoms in total. The lowest BCUT2D eigenvalue weighted by Crippen LogP contribution is -2.47. The third kappa shape index (κ3) is 2.82. The Bertz CT molecular complexity index is 438. The quantitative estimate of drug-likeness (QED) is 0.768. The molecular weight excluding hydrogens is 250 g/mol. The first-order valence-corrected chi connectivity index (χ1v) is 6.53. The van der Waals surface area contributed by atoms with E-state index in [1.165, 1.54) is 0 Å². The van der Waals surface area contributed by atoms with Crippen molar-refractivity contribution in [1.82, 2.24) is 14.8 Å². The number of hydrogen-bond acceptors (Lipinski definition) is 3. The molecule has 1 amide bonds. The van der Waals surface area contributed by atoms with E-state index in [9.17, 15) is 4.79 Å². The Hall–Kier alpha value is -1.13. The van der Waals surface area contributed by atoms with Crippen LogP contribution in [0, 0.1) is 0 Å². The maximum atomic E-state index is 12.4. The van der Waals surface area contributed by atoms with Gasteiger partial charge in [-0.25, -0.2) is 4.98 Å². The fraction of sp³-hybridized carbons (Fsp3) is 0.538. The van der Waals surface area contributed by atoms with Crippen LogP contribution in [-0.2, 0) is 0 Å². The number of nitrogens with zero attached hydrogens (tertiary/aromatic N) is 3. The molecule has 0 radical (unpaired) electrons. The van der Waals surface area contributed by atoms with Crippen LogP contribution >= 0.6 is 11.6 Å². The highest BCUT2D eigenvalue weighted by atomic mass is 35.5. The number of halogens is 1. The molecular formula is C13H18ClN3O. The second kappa shape index (κ2) is 5.67. The van der Waals surface area contributed by atoms with Crippen molar-refractivity contribution in [1.29, 1.82) is 0 Å². The van der Waals surface area contributed by atoms with Crippen LogP contribution in [0.4, 0.5) is 0 Å². The van der Waals surface area contributed by atoms with Gasteiger partial charge in [0.15, 0.2) is 0 Å². The lowest BCUT2D eigenvalue weighted by atomic mass is 10.0. The molecule has 2 heterocycles. The largest absolute Gasteiger partial charge is 0.337 e. The fourth-order valence-electron chi connectivity index (χ4n) is 2.36. The smallest absolute Gasteiger partial charge is 0.257 e. The molecule has 1 aromatic rings. The van der Waals surface area contributed by atoms with Crippen LogP contribution in [0.3, 0.4) is 0 Å². The van der Waals surface area contributed by atoms with Gasteiger partial charge < -0.3 is 9.80 Å². The zero-order valence-corrected chi connectivity index (χ0v) is 11.5. The monoisotopic (exact) mass is 267 g/mol. The number of amides is 1. The molecule has 1 aromatic heterocycles. The summed E-state index contributed by atoms with van der Waals surface area (Å²) in [5.41, 5.74) is 0.481. The van der Waals surface area contributed by atoms with Crippen LogP contribution in [0.25, 0.3) is 0 Å². The van der Waals surface area contributed by atoms with Crippen molar-refractivity contribution in [3.63, 3.8) is 0 Å². The van der Waals surface area contributed by atoms with E-state index in [4.69, 9.17) is 11.6 Å². The number of hydrogen-bond donors (Lipinski definition) is 0. The van der Waals surface area contributed by atoms with Crippen molar-refractivity contribution in [3.8, 4) is 0 Å². The second-order valence-corrected chi connectivity index (χ2v) is 5.17. The van der Waals surface area contributed by atoms with Gasteiger partial charge in [-0.2, -0.15) is 0 Å². The topological polar surface area (TPSA) is 36.4 Å². The number of carbonyl (C=O) groups excluding carboxylic acids is 1. The van der Waals surface area contributed by atoms with Crippen LogP contribution in [0.5, 0.6) is 0 Å². The van der Waals surface area contributed by atoms with Gasteiger partial charge in [-0.05, 0) is 38.6 Å². The highest BCUT2D eigenvalue weighted by molar-refractivity contribution is 6.32.